The standard InChI is InChI=1S/C9H16N4O2/c1-7(2)10-4-3-9(14)11-5-8-12-6-15-13-8/h6-7,10H,3-5H2,1-2H3,(H,11,14). The number of aromatic nitrogens is 2. The number of nitrogens with zero attached hydrogens (tertiary/aromatic N) is 2. The lowest BCUT2D eigenvalue weighted by atomic mass is 10.3. The first-order chi connectivity index (χ1) is 7.18. The summed E-state index contributed by atoms with van der Waals surface area (Å²) in [5, 5.41) is 9.43. The van der Waals surface area contributed by atoms with Gasteiger partial charge in [0.1, 0.15) is 0 Å². The van der Waals surface area contributed by atoms with E-state index in [-0.39, 0.29) is 5.91 Å². The van der Waals surface area contributed by atoms with Crippen LogP contribution in [0.3, 0.4) is 0 Å². The van der Waals surface area contributed by atoms with Gasteiger partial charge in [0.15, 0.2) is 5.82 Å². The lowest BCUT2D eigenvalue weighted by Crippen LogP contribution is -2.30. The van der Waals surface area contributed by atoms with E-state index in [9.17, 15) is 4.79 Å². The fraction of sp³-hybridized carbons (Fsp3) is 0.667. The van der Waals surface area contributed by atoms with Crippen molar-refractivity contribution in [3.8, 4) is 0 Å². The number of rotatable bonds is 6. The third kappa shape index (κ3) is 5.11. The Morgan fingerprint density at radius 3 is 3.00 bits per heavy atom. The highest BCUT2D eigenvalue weighted by atomic mass is 16.5. The van der Waals surface area contributed by atoms with Gasteiger partial charge >= 0.3 is 0 Å². The highest BCUT2D eigenvalue weighted by Gasteiger charge is 2.03. The van der Waals surface area contributed by atoms with Gasteiger partial charge in [-0.1, -0.05) is 19.0 Å². The van der Waals surface area contributed by atoms with E-state index in [0.717, 1.165) is 0 Å². The second-order valence-corrected chi connectivity index (χ2v) is 3.48. The minimum atomic E-state index is -0.0204. The number of carbonyl (C=O) groups is 1. The van der Waals surface area contributed by atoms with Crippen molar-refractivity contribution in [2.75, 3.05) is 6.54 Å². The van der Waals surface area contributed by atoms with Gasteiger partial charge < -0.3 is 15.2 Å². The summed E-state index contributed by atoms with van der Waals surface area (Å²) in [6.45, 7) is 5.07. The van der Waals surface area contributed by atoms with Crippen LogP contribution in [0.1, 0.15) is 26.1 Å². The van der Waals surface area contributed by atoms with Gasteiger partial charge in [-0.05, 0) is 0 Å². The van der Waals surface area contributed by atoms with Crippen molar-refractivity contribution in [1.82, 2.24) is 20.8 Å². The van der Waals surface area contributed by atoms with Gasteiger partial charge in [0.25, 0.3) is 0 Å². The van der Waals surface area contributed by atoms with Crippen molar-refractivity contribution < 1.29 is 9.32 Å². The molecule has 0 bridgehead atoms. The first kappa shape index (κ1) is 11.6. The molecule has 1 amide bonds. The first-order valence-electron chi connectivity index (χ1n) is 4.94. The van der Waals surface area contributed by atoms with Crippen LogP contribution in [0.5, 0.6) is 0 Å². The number of nitrogens with one attached hydrogen (secondary N) is 2. The molecule has 0 aromatic carbocycles. The maximum Gasteiger partial charge on any atom is 0.221 e. The number of amides is 1. The van der Waals surface area contributed by atoms with Gasteiger partial charge in [-0.2, -0.15) is 4.98 Å². The zero-order valence-corrected chi connectivity index (χ0v) is 8.99. The highest BCUT2D eigenvalue weighted by molar-refractivity contribution is 5.75. The minimum absolute atomic E-state index is 0.0204. The minimum Gasteiger partial charge on any atom is -0.349 e. The number of carbonyl (C=O) groups excluding carboxylic acids is 1. The van der Waals surface area contributed by atoms with E-state index in [1.165, 1.54) is 6.39 Å². The van der Waals surface area contributed by atoms with Gasteiger partial charge in [0.2, 0.25) is 12.3 Å². The van der Waals surface area contributed by atoms with Crippen LogP contribution < -0.4 is 10.6 Å². The van der Waals surface area contributed by atoms with Crippen LogP contribution in [0.4, 0.5) is 0 Å². The van der Waals surface area contributed by atoms with E-state index in [0.29, 0.717) is 31.4 Å². The van der Waals surface area contributed by atoms with Crippen molar-refractivity contribution in [2.45, 2.75) is 32.9 Å². The summed E-state index contributed by atoms with van der Waals surface area (Å²) in [6.07, 6.45) is 1.69. The quantitative estimate of drug-likeness (QED) is 0.697. The monoisotopic (exact) mass is 212 g/mol. The van der Waals surface area contributed by atoms with E-state index in [1.54, 1.807) is 0 Å². The van der Waals surface area contributed by atoms with Crippen LogP contribution in [-0.2, 0) is 11.3 Å². The summed E-state index contributed by atoms with van der Waals surface area (Å²) < 4.78 is 4.53. The summed E-state index contributed by atoms with van der Waals surface area (Å²) in [5.74, 6) is 0.466. The predicted molar refractivity (Wildman–Crippen MR) is 53.9 cm³/mol. The Hall–Kier alpha value is -1.43. The molecule has 1 rings (SSSR count). The number of hydrogen-bond donors (Lipinski definition) is 2. The van der Waals surface area contributed by atoms with Crippen molar-refractivity contribution in [3.63, 3.8) is 0 Å². The second-order valence-electron chi connectivity index (χ2n) is 3.48. The second kappa shape index (κ2) is 6.13. The highest BCUT2D eigenvalue weighted by Crippen LogP contribution is 1.88. The predicted octanol–water partition coefficient (Wildman–Crippen LogP) is 0.0739. The Balaban J connectivity index is 2.09. The molecule has 1 aromatic heterocycles. The molecule has 1 heterocycles. The molecule has 0 saturated heterocycles. The molecule has 6 nitrogen and oxygen atoms in total. The summed E-state index contributed by atoms with van der Waals surface area (Å²) >= 11 is 0. The third-order valence-electron chi connectivity index (χ3n) is 1.76. The van der Waals surface area contributed by atoms with Gasteiger partial charge in [-0.25, -0.2) is 0 Å². The van der Waals surface area contributed by atoms with Crippen LogP contribution in [0.2, 0.25) is 0 Å². The molecule has 0 spiro atoms. The van der Waals surface area contributed by atoms with E-state index in [1.807, 2.05) is 13.8 Å². The molecule has 2 N–H and O–H groups in total. The Morgan fingerprint density at radius 2 is 2.40 bits per heavy atom. The van der Waals surface area contributed by atoms with Crippen molar-refractivity contribution in [1.29, 1.82) is 0 Å². The summed E-state index contributed by atoms with van der Waals surface area (Å²) in [6, 6.07) is 0.398. The topological polar surface area (TPSA) is 80.0 Å². The fourth-order valence-corrected chi connectivity index (χ4v) is 1.01. The van der Waals surface area contributed by atoms with Gasteiger partial charge in [0.05, 0.1) is 6.54 Å². The summed E-state index contributed by atoms with van der Waals surface area (Å²) in [5.41, 5.74) is 0. The van der Waals surface area contributed by atoms with Gasteiger partial charge in [-0.3, -0.25) is 4.79 Å². The van der Waals surface area contributed by atoms with Crippen LogP contribution in [-0.4, -0.2) is 28.6 Å². The molecular formula is C9H16N4O2. The smallest absolute Gasteiger partial charge is 0.221 e. The molecule has 1 aromatic rings. The molecule has 15 heavy (non-hydrogen) atoms. The molecule has 84 valence electrons. The lowest BCUT2D eigenvalue weighted by Gasteiger charge is -2.07. The molecular weight excluding hydrogens is 196 g/mol. The van der Waals surface area contributed by atoms with E-state index in [4.69, 9.17) is 0 Å². The van der Waals surface area contributed by atoms with Gasteiger partial charge in [0, 0.05) is 19.0 Å². The Labute approximate surface area is 88.4 Å². The third-order valence-corrected chi connectivity index (χ3v) is 1.76. The molecule has 0 aliphatic carbocycles. The summed E-state index contributed by atoms with van der Waals surface area (Å²) in [4.78, 5) is 15.1. The first-order valence-corrected chi connectivity index (χ1v) is 4.94. The maximum absolute atomic E-state index is 11.3. The fourth-order valence-electron chi connectivity index (χ4n) is 1.01. The normalized spacial score (nSPS) is 10.6. The number of hydrogen-bond acceptors (Lipinski definition) is 5. The average Bonchev–Trinajstić information content (AvgIpc) is 2.66. The Morgan fingerprint density at radius 1 is 1.60 bits per heavy atom. The molecule has 6 heteroatoms. The lowest BCUT2D eigenvalue weighted by molar-refractivity contribution is -0.121. The molecule has 0 aliphatic rings. The van der Waals surface area contributed by atoms with E-state index in [2.05, 4.69) is 25.3 Å². The molecule has 0 radical (unpaired) electrons. The average molecular weight is 212 g/mol. The van der Waals surface area contributed by atoms with Crippen molar-refractivity contribution >= 4 is 5.91 Å². The largest absolute Gasteiger partial charge is 0.349 e. The zero-order chi connectivity index (χ0) is 11.1. The molecule has 0 unspecified atom stereocenters. The molecule has 0 aliphatic heterocycles. The van der Waals surface area contributed by atoms with E-state index < -0.39 is 0 Å². The van der Waals surface area contributed by atoms with Crippen molar-refractivity contribution in [2.24, 2.45) is 0 Å². The van der Waals surface area contributed by atoms with Crippen molar-refractivity contribution in [3.05, 3.63) is 12.2 Å². The maximum atomic E-state index is 11.3. The Kier molecular flexibility index (Phi) is 4.76. The SMILES string of the molecule is CC(C)NCCC(=O)NCc1ncon1. The zero-order valence-electron chi connectivity index (χ0n) is 8.99. The molecule has 0 atom stereocenters. The van der Waals surface area contributed by atoms with Crippen LogP contribution in [0, 0.1) is 0 Å². The summed E-state index contributed by atoms with van der Waals surface area (Å²) in [7, 11) is 0. The van der Waals surface area contributed by atoms with Gasteiger partial charge in [-0.15, -0.1) is 0 Å². The van der Waals surface area contributed by atoms with E-state index >= 15 is 0 Å². The van der Waals surface area contributed by atoms with Crippen LogP contribution in [0.25, 0.3) is 0 Å². The molecule has 0 saturated carbocycles. The van der Waals surface area contributed by atoms with Crippen LogP contribution in [0.15, 0.2) is 10.9 Å². The Bertz CT molecular complexity index is 284. The molecule has 0 fully saturated rings. The van der Waals surface area contributed by atoms with Crippen LogP contribution >= 0.6 is 0 Å².